The van der Waals surface area contributed by atoms with Crippen molar-refractivity contribution >= 4 is 45.7 Å². The summed E-state index contributed by atoms with van der Waals surface area (Å²) in [5, 5.41) is 8.45. The van der Waals surface area contributed by atoms with Crippen LogP contribution in [0.25, 0.3) is 11.4 Å². The molecule has 216 valence electrons. The number of hydroxylamine groups is 4. The van der Waals surface area contributed by atoms with Crippen LogP contribution < -0.4 is 11.5 Å². The smallest absolute Gasteiger partial charge is 0.364 e. The number of nitrogens with zero attached hydrogens (tertiary/aromatic N) is 8. The average molecular weight is 596 g/mol. The van der Waals surface area contributed by atoms with E-state index in [1.54, 1.807) is 0 Å². The number of amides is 6. The topological polar surface area (TPSA) is 222 Å². The van der Waals surface area contributed by atoms with Gasteiger partial charge in [-0.1, -0.05) is 0 Å². The van der Waals surface area contributed by atoms with Crippen molar-refractivity contribution < 1.29 is 44.9 Å². The molecule has 0 radical (unpaired) electrons. The summed E-state index contributed by atoms with van der Waals surface area (Å²) in [6.45, 7) is -0.471. The molecule has 4 aliphatic heterocycles. The monoisotopic (exact) mass is 596 g/mol. The second-order valence-electron chi connectivity index (χ2n) is 9.24. The molecule has 0 saturated carbocycles. The van der Waals surface area contributed by atoms with E-state index in [0.29, 0.717) is 10.1 Å². The van der Waals surface area contributed by atoms with Crippen LogP contribution in [-0.4, -0.2) is 110 Å². The lowest BCUT2D eigenvalue weighted by molar-refractivity contribution is -0.0723. The summed E-state index contributed by atoms with van der Waals surface area (Å²) in [6, 6.07) is -2.30. The first kappa shape index (κ1) is 26.3. The largest absolute Gasteiger partial charge is 0.442 e. The Bertz CT molecular complexity index is 1580. The van der Waals surface area contributed by atoms with Gasteiger partial charge in [0.1, 0.15) is 12.1 Å². The van der Waals surface area contributed by atoms with Crippen LogP contribution in [-0.2, 0) is 19.0 Å². The van der Waals surface area contributed by atoms with Crippen molar-refractivity contribution in [1.29, 1.82) is 0 Å². The molecule has 2 atom stereocenters. The summed E-state index contributed by atoms with van der Waals surface area (Å²) in [5.41, 5.74) is 9.73. The summed E-state index contributed by atoms with van der Waals surface area (Å²) < 4.78 is 65.6. The molecule has 4 N–H and O–H groups in total. The third kappa shape index (κ3) is 4.44. The number of hydrogen-bond acceptors (Lipinski definition) is 10. The molecular formula is C20H18F2N10O8S. The van der Waals surface area contributed by atoms with E-state index >= 15 is 0 Å². The predicted molar refractivity (Wildman–Crippen MR) is 126 cm³/mol. The number of aromatic nitrogens is 4. The number of fused-ring (bicyclic) bond motifs is 4. The Morgan fingerprint density at radius 2 is 1.20 bits per heavy atom. The summed E-state index contributed by atoms with van der Waals surface area (Å²) in [7, 11) is -5.10. The zero-order chi connectivity index (χ0) is 29.4. The van der Waals surface area contributed by atoms with E-state index in [-0.39, 0.29) is 49.0 Å². The first-order chi connectivity index (χ1) is 19.3. The second-order valence-corrected chi connectivity index (χ2v) is 10.4. The fourth-order valence-electron chi connectivity index (χ4n) is 4.78. The summed E-state index contributed by atoms with van der Waals surface area (Å²) in [4.78, 5) is 50.5. The Hall–Kier alpha value is -4.89. The highest BCUT2D eigenvalue weighted by Gasteiger charge is 2.48. The van der Waals surface area contributed by atoms with Crippen molar-refractivity contribution in [3.05, 3.63) is 47.6 Å². The number of nitrogens with two attached hydrogens (primary N) is 2. The molecule has 2 aromatic rings. The molecule has 41 heavy (non-hydrogen) atoms. The first-order valence-electron chi connectivity index (χ1n) is 11.6. The maximum absolute atomic E-state index is 14.4. The molecule has 18 nitrogen and oxygen atoms in total. The lowest BCUT2D eigenvalue weighted by Crippen LogP contribution is -2.40. The van der Waals surface area contributed by atoms with Crippen LogP contribution in [0.2, 0.25) is 0 Å². The Morgan fingerprint density at radius 3 is 1.54 bits per heavy atom. The highest BCUT2D eigenvalue weighted by atomic mass is 32.3. The lowest BCUT2D eigenvalue weighted by atomic mass is 10.2. The SMILES string of the molecule is NC(=O)c1cc(F)n(C2=CC3CN(C2)C(=O)N3OS(=O)(=O)ON2C(=O)N3CC(n4nc(C(N)=O)cc4F)=CC2C3)n1. The fraction of sp³-hybridized carbons (Fsp3) is 0.300. The van der Waals surface area contributed by atoms with E-state index in [2.05, 4.69) is 10.2 Å². The van der Waals surface area contributed by atoms with Crippen LogP contribution in [0.4, 0.5) is 18.4 Å². The normalized spacial score (nSPS) is 22.0. The molecule has 2 fully saturated rings. The minimum atomic E-state index is -5.10. The van der Waals surface area contributed by atoms with Crippen molar-refractivity contribution in [2.45, 2.75) is 12.1 Å². The van der Waals surface area contributed by atoms with Gasteiger partial charge in [0.2, 0.25) is 11.9 Å². The number of carbonyl (C=O) groups excluding carboxylic acids is 4. The van der Waals surface area contributed by atoms with Crippen molar-refractivity contribution in [3.63, 3.8) is 0 Å². The van der Waals surface area contributed by atoms with Gasteiger partial charge in [-0.2, -0.15) is 37.5 Å². The van der Waals surface area contributed by atoms with Crippen LogP contribution in [0.15, 0.2) is 24.3 Å². The number of urea groups is 2. The van der Waals surface area contributed by atoms with Crippen LogP contribution in [0.3, 0.4) is 0 Å². The maximum atomic E-state index is 14.4. The molecule has 0 aliphatic carbocycles. The van der Waals surface area contributed by atoms with Crippen molar-refractivity contribution in [1.82, 2.24) is 39.5 Å². The average Bonchev–Trinajstić information content (AvgIpc) is 3.61. The molecule has 4 aliphatic rings. The van der Waals surface area contributed by atoms with Gasteiger partial charge in [-0.25, -0.2) is 19.0 Å². The van der Waals surface area contributed by atoms with Gasteiger partial charge in [0.15, 0.2) is 11.4 Å². The maximum Gasteiger partial charge on any atom is 0.442 e. The second kappa shape index (κ2) is 9.07. The first-order valence-corrected chi connectivity index (χ1v) is 13.0. The Balaban J connectivity index is 1.20. The third-order valence-electron chi connectivity index (χ3n) is 6.53. The van der Waals surface area contributed by atoms with Crippen LogP contribution in [0.5, 0.6) is 0 Å². The summed E-state index contributed by atoms with van der Waals surface area (Å²) in [6.07, 6.45) is 2.62. The molecule has 6 amide bonds. The molecule has 4 bridgehead atoms. The minimum Gasteiger partial charge on any atom is -0.364 e. The highest BCUT2D eigenvalue weighted by molar-refractivity contribution is 7.81. The Morgan fingerprint density at radius 1 is 0.805 bits per heavy atom. The number of primary amides is 2. The number of halogens is 2. The van der Waals surface area contributed by atoms with Crippen molar-refractivity contribution in [3.8, 4) is 0 Å². The van der Waals surface area contributed by atoms with Crippen LogP contribution >= 0.6 is 0 Å². The minimum absolute atomic E-state index is 0.0305. The Kier molecular flexibility index (Phi) is 5.83. The highest BCUT2D eigenvalue weighted by Crippen LogP contribution is 2.31. The number of carbonyl (C=O) groups is 4. The van der Waals surface area contributed by atoms with E-state index < -0.39 is 58.3 Å². The fourth-order valence-corrected chi connectivity index (χ4v) is 5.55. The van der Waals surface area contributed by atoms with Gasteiger partial charge in [-0.15, -0.1) is 8.57 Å². The molecule has 21 heteroatoms. The third-order valence-corrected chi connectivity index (χ3v) is 7.22. The van der Waals surface area contributed by atoms with Gasteiger partial charge < -0.3 is 21.3 Å². The van der Waals surface area contributed by atoms with E-state index in [4.69, 9.17) is 20.0 Å². The zero-order valence-corrected chi connectivity index (χ0v) is 21.3. The van der Waals surface area contributed by atoms with E-state index in [0.717, 1.165) is 31.3 Å². The molecule has 6 heterocycles. The number of hydrogen-bond donors (Lipinski definition) is 2. The standard InChI is InChI=1S/C20H18F2N10O8S/c21-15-3-13(17(23)33)25-29(15)9-1-11-7-27(5-9)19(35)31(11)39-41(37,38)40-32-12-2-10(6-28(8-12)20(32)36)30-16(22)4-14(26-30)18(24)34/h1-4,11-12H,5-8H2,(H2,23,33)(H2,24,34). The molecular weight excluding hydrogens is 578 g/mol. The van der Waals surface area contributed by atoms with E-state index in [1.165, 1.54) is 12.2 Å². The van der Waals surface area contributed by atoms with Gasteiger partial charge in [-0.05, 0) is 12.2 Å². The molecule has 0 spiro atoms. The molecule has 2 unspecified atom stereocenters. The molecule has 6 rings (SSSR count). The van der Waals surface area contributed by atoms with E-state index in [1.807, 2.05) is 0 Å². The zero-order valence-electron chi connectivity index (χ0n) is 20.5. The molecule has 2 saturated heterocycles. The quantitative estimate of drug-likeness (QED) is 0.351. The van der Waals surface area contributed by atoms with Gasteiger partial charge in [-0.3, -0.25) is 9.59 Å². The number of rotatable bonds is 8. The Labute approximate surface area is 227 Å². The summed E-state index contributed by atoms with van der Waals surface area (Å²) in [5.74, 6) is -3.83. The predicted octanol–water partition coefficient (Wildman–Crippen LogP) is -1.71. The van der Waals surface area contributed by atoms with Crippen LogP contribution in [0.1, 0.15) is 21.0 Å². The molecule has 0 aromatic carbocycles. The summed E-state index contributed by atoms with van der Waals surface area (Å²) >= 11 is 0. The molecule has 2 aromatic heterocycles. The van der Waals surface area contributed by atoms with Gasteiger partial charge >= 0.3 is 22.5 Å². The van der Waals surface area contributed by atoms with E-state index in [9.17, 15) is 36.4 Å². The van der Waals surface area contributed by atoms with Gasteiger partial charge in [0, 0.05) is 25.2 Å². The lowest BCUT2D eigenvalue weighted by Gasteiger charge is -2.22. The van der Waals surface area contributed by atoms with Crippen molar-refractivity contribution in [2.75, 3.05) is 26.2 Å². The van der Waals surface area contributed by atoms with Crippen LogP contribution in [0, 0.1) is 11.9 Å². The van der Waals surface area contributed by atoms with Crippen molar-refractivity contribution in [2.24, 2.45) is 11.5 Å². The van der Waals surface area contributed by atoms with Gasteiger partial charge in [0.05, 0.1) is 24.5 Å². The van der Waals surface area contributed by atoms with Gasteiger partial charge in [0.25, 0.3) is 11.8 Å².